The summed E-state index contributed by atoms with van der Waals surface area (Å²) in [5, 5.41) is 15.8. The molecule has 1 aliphatic carbocycles. The van der Waals surface area contributed by atoms with Gasteiger partial charge in [-0.25, -0.2) is 4.99 Å². The number of ether oxygens (including phenoxy) is 2. The number of aryl methyl sites for hydroxylation is 2. The monoisotopic (exact) mass is 597 g/mol. The van der Waals surface area contributed by atoms with Crippen LogP contribution in [-0.4, -0.2) is 24.2 Å². The van der Waals surface area contributed by atoms with E-state index in [1.54, 1.807) is 6.07 Å². The number of thiophene rings is 1. The highest BCUT2D eigenvalue weighted by Crippen LogP contribution is 2.40. The zero-order chi connectivity index (χ0) is 30.3. The van der Waals surface area contributed by atoms with Gasteiger partial charge >= 0.3 is 0 Å². The highest BCUT2D eigenvalue weighted by Gasteiger charge is 2.25. The molecule has 0 fully saturated rings. The van der Waals surface area contributed by atoms with Gasteiger partial charge in [-0.1, -0.05) is 55.3 Å². The maximum atomic E-state index is 13.8. The summed E-state index contributed by atoms with van der Waals surface area (Å²) < 4.78 is 11.4. The van der Waals surface area contributed by atoms with Gasteiger partial charge in [-0.05, 0) is 73.9 Å². The second kappa shape index (κ2) is 13.6. The van der Waals surface area contributed by atoms with Crippen molar-refractivity contribution in [1.29, 1.82) is 0 Å². The van der Waals surface area contributed by atoms with Gasteiger partial charge in [-0.2, -0.15) is 0 Å². The minimum atomic E-state index is -0.460. The molecule has 0 saturated carbocycles. The molecule has 1 amide bonds. The average molecular weight is 598 g/mol. The van der Waals surface area contributed by atoms with E-state index < -0.39 is 4.92 Å². The number of carbonyl (C=O) groups is 1. The molecule has 0 atom stereocenters. The Balaban J connectivity index is 1.51. The van der Waals surface area contributed by atoms with Gasteiger partial charge in [-0.15, -0.1) is 11.3 Å². The van der Waals surface area contributed by atoms with Gasteiger partial charge in [0.15, 0.2) is 11.5 Å². The van der Waals surface area contributed by atoms with Crippen molar-refractivity contribution in [1.82, 2.24) is 0 Å². The van der Waals surface area contributed by atoms with E-state index in [1.165, 1.54) is 30.7 Å². The molecule has 0 radical (unpaired) electrons. The minimum absolute atomic E-state index is 0.163. The van der Waals surface area contributed by atoms with Crippen molar-refractivity contribution in [3.63, 3.8) is 0 Å². The lowest BCUT2D eigenvalue weighted by atomic mass is 9.96. The van der Waals surface area contributed by atoms with Crippen LogP contribution in [0.4, 0.5) is 16.4 Å². The Kier molecular flexibility index (Phi) is 9.51. The molecule has 0 bridgehead atoms. The highest BCUT2D eigenvalue weighted by atomic mass is 32.1. The topological polar surface area (TPSA) is 103 Å². The first-order valence-corrected chi connectivity index (χ1v) is 15.3. The number of nitro groups is 1. The Morgan fingerprint density at radius 3 is 2.53 bits per heavy atom. The largest absolute Gasteiger partial charge is 0.493 e. The zero-order valence-corrected chi connectivity index (χ0v) is 25.5. The molecule has 0 spiro atoms. The predicted octanol–water partition coefficient (Wildman–Crippen LogP) is 8.52. The third-order valence-electron chi connectivity index (χ3n) is 7.80. The first kappa shape index (κ1) is 30.0. The molecule has 9 heteroatoms. The molecule has 0 unspecified atom stereocenters. The molecular formula is C34H35N3O5S. The van der Waals surface area contributed by atoms with Gasteiger partial charge in [0, 0.05) is 16.8 Å². The fourth-order valence-electron chi connectivity index (χ4n) is 5.26. The number of fused-ring (bicyclic) bond motifs is 1. The third-order valence-corrected chi connectivity index (χ3v) is 9.00. The van der Waals surface area contributed by atoms with E-state index in [9.17, 15) is 14.9 Å². The van der Waals surface area contributed by atoms with Crippen LogP contribution in [0, 0.1) is 24.0 Å². The van der Waals surface area contributed by atoms with Crippen LogP contribution in [0.2, 0.25) is 0 Å². The second-order valence-corrected chi connectivity index (χ2v) is 11.7. The summed E-state index contributed by atoms with van der Waals surface area (Å²) in [6.45, 7) is 4.24. The number of hydrogen-bond acceptors (Lipinski definition) is 7. The lowest BCUT2D eigenvalue weighted by molar-refractivity contribution is -0.385. The number of rotatable bonds is 9. The molecule has 1 heterocycles. The molecule has 8 nitrogen and oxygen atoms in total. The van der Waals surface area contributed by atoms with Crippen LogP contribution in [0.15, 0.2) is 65.7 Å². The van der Waals surface area contributed by atoms with E-state index in [0.717, 1.165) is 71.3 Å². The van der Waals surface area contributed by atoms with Crippen molar-refractivity contribution < 1.29 is 19.2 Å². The molecule has 0 saturated heterocycles. The number of aliphatic imine (C=N–C) groups is 1. The van der Waals surface area contributed by atoms with E-state index in [1.807, 2.05) is 62.4 Å². The number of hydrogen-bond donors (Lipinski definition) is 1. The molecule has 5 rings (SSSR count). The number of amides is 1. The maximum Gasteiger partial charge on any atom is 0.282 e. The number of nitrogens with one attached hydrogen (secondary N) is 1. The number of methoxy groups -OCH3 is 1. The molecular weight excluding hydrogens is 562 g/mol. The third kappa shape index (κ3) is 6.94. The highest BCUT2D eigenvalue weighted by molar-refractivity contribution is 7.16. The maximum absolute atomic E-state index is 13.8. The predicted molar refractivity (Wildman–Crippen MR) is 172 cm³/mol. The van der Waals surface area contributed by atoms with Crippen molar-refractivity contribution in [2.45, 2.75) is 59.0 Å². The standard InChI is InChI=1S/C34H35N3O5S/c1-22-12-11-16-27(23(22)2)36-33(38)32-26-15-9-4-5-10-17-31(26)43-34(32)35-20-25-18-29(41-3)30(19-28(25)37(39)40)42-21-24-13-7-6-8-14-24/h6-8,11-14,16,18-20H,4-5,9-10,15,17,21H2,1-3H3,(H,36,38). The average Bonchev–Trinajstić information content (AvgIpc) is 3.33. The van der Waals surface area contributed by atoms with E-state index >= 15 is 0 Å². The number of benzene rings is 3. The van der Waals surface area contributed by atoms with Crippen molar-refractivity contribution in [3.05, 3.63) is 109 Å². The number of carbonyl (C=O) groups excluding carboxylic acids is 1. The minimum Gasteiger partial charge on any atom is -0.493 e. The van der Waals surface area contributed by atoms with Crippen LogP contribution < -0.4 is 14.8 Å². The second-order valence-electron chi connectivity index (χ2n) is 10.7. The van der Waals surface area contributed by atoms with Gasteiger partial charge in [-0.3, -0.25) is 14.9 Å². The summed E-state index contributed by atoms with van der Waals surface area (Å²) in [6.07, 6.45) is 7.49. The smallest absolute Gasteiger partial charge is 0.282 e. The summed E-state index contributed by atoms with van der Waals surface area (Å²) in [5.74, 6) is 0.410. The SMILES string of the molecule is COc1cc(C=Nc2sc3c(c2C(=O)Nc2cccc(C)c2C)CCCCCC3)c([N+](=O)[O-])cc1OCc1ccccc1. The molecule has 3 aromatic carbocycles. The summed E-state index contributed by atoms with van der Waals surface area (Å²) in [6, 6.07) is 18.3. The first-order valence-electron chi connectivity index (χ1n) is 14.4. The van der Waals surface area contributed by atoms with Gasteiger partial charge in [0.05, 0.1) is 29.2 Å². The van der Waals surface area contributed by atoms with Crippen molar-refractivity contribution in [2.24, 2.45) is 4.99 Å². The van der Waals surface area contributed by atoms with Crippen LogP contribution in [0.3, 0.4) is 0 Å². The Labute approximate surface area is 255 Å². The lowest BCUT2D eigenvalue weighted by Crippen LogP contribution is -2.15. The first-order chi connectivity index (χ1) is 20.9. The quantitative estimate of drug-likeness (QED) is 0.118. The van der Waals surface area contributed by atoms with Crippen LogP contribution in [0.1, 0.15) is 68.7 Å². The van der Waals surface area contributed by atoms with Crippen LogP contribution in [-0.2, 0) is 19.4 Å². The molecule has 4 aromatic rings. The summed E-state index contributed by atoms with van der Waals surface area (Å²) in [7, 11) is 1.49. The Hall–Kier alpha value is -4.50. The summed E-state index contributed by atoms with van der Waals surface area (Å²) in [5.41, 5.74) is 5.48. The lowest BCUT2D eigenvalue weighted by Gasteiger charge is -2.13. The van der Waals surface area contributed by atoms with Crippen LogP contribution in [0.25, 0.3) is 0 Å². The van der Waals surface area contributed by atoms with Gasteiger partial charge in [0.25, 0.3) is 11.6 Å². The molecule has 0 aliphatic heterocycles. The number of nitro benzene ring substituents is 1. The van der Waals surface area contributed by atoms with Gasteiger partial charge < -0.3 is 14.8 Å². The van der Waals surface area contributed by atoms with Crippen molar-refractivity contribution >= 4 is 39.8 Å². The van der Waals surface area contributed by atoms with Crippen LogP contribution >= 0.6 is 11.3 Å². The van der Waals surface area contributed by atoms with E-state index in [4.69, 9.17) is 14.5 Å². The molecule has 222 valence electrons. The van der Waals surface area contributed by atoms with E-state index in [-0.39, 0.29) is 29.5 Å². The van der Waals surface area contributed by atoms with E-state index in [2.05, 4.69) is 5.32 Å². The van der Waals surface area contributed by atoms with Gasteiger partial charge in [0.1, 0.15) is 11.6 Å². The van der Waals surface area contributed by atoms with E-state index in [0.29, 0.717) is 16.3 Å². The zero-order valence-electron chi connectivity index (χ0n) is 24.6. The fourth-order valence-corrected chi connectivity index (χ4v) is 6.49. The Morgan fingerprint density at radius 1 is 1.02 bits per heavy atom. The summed E-state index contributed by atoms with van der Waals surface area (Å²) >= 11 is 1.50. The molecule has 1 aliphatic rings. The molecule has 43 heavy (non-hydrogen) atoms. The van der Waals surface area contributed by atoms with Crippen LogP contribution in [0.5, 0.6) is 11.5 Å². The normalized spacial score (nSPS) is 13.2. The summed E-state index contributed by atoms with van der Waals surface area (Å²) in [4.78, 5) is 31.4. The molecule has 1 N–H and O–H groups in total. The van der Waals surface area contributed by atoms with Crippen molar-refractivity contribution in [3.8, 4) is 11.5 Å². The molecule has 1 aromatic heterocycles. The number of anilines is 1. The Morgan fingerprint density at radius 2 is 1.79 bits per heavy atom. The Bertz CT molecular complexity index is 1660. The van der Waals surface area contributed by atoms with Gasteiger partial charge in [0.2, 0.25) is 0 Å². The number of nitrogens with zero attached hydrogens (tertiary/aromatic N) is 2. The fraction of sp³-hybridized carbons (Fsp3) is 0.294. The van der Waals surface area contributed by atoms with Crippen molar-refractivity contribution in [2.75, 3.05) is 12.4 Å².